The van der Waals surface area contributed by atoms with Gasteiger partial charge in [-0.2, -0.15) is 0 Å². The smallest absolute Gasteiger partial charge is 0.133 e. The van der Waals surface area contributed by atoms with Crippen LogP contribution in [0.25, 0.3) is 0 Å². The predicted molar refractivity (Wildman–Crippen MR) is 79.6 cm³/mol. The number of halogens is 2. The highest BCUT2D eigenvalue weighted by atomic mass is 19.1. The summed E-state index contributed by atoms with van der Waals surface area (Å²) in [5, 5.41) is 3.21. The van der Waals surface area contributed by atoms with Crippen molar-refractivity contribution in [2.75, 3.05) is 6.54 Å². The van der Waals surface area contributed by atoms with Gasteiger partial charge in [0.1, 0.15) is 23.1 Å². The van der Waals surface area contributed by atoms with Crippen LogP contribution in [0.3, 0.4) is 0 Å². The third-order valence-electron chi connectivity index (χ3n) is 3.06. The van der Waals surface area contributed by atoms with Crippen LogP contribution < -0.4 is 10.1 Å². The van der Waals surface area contributed by atoms with Crippen LogP contribution in [0.4, 0.5) is 8.78 Å². The molecule has 0 aliphatic heterocycles. The van der Waals surface area contributed by atoms with Gasteiger partial charge in [-0.15, -0.1) is 0 Å². The van der Waals surface area contributed by atoms with Crippen molar-refractivity contribution in [2.24, 2.45) is 0 Å². The average molecular weight is 291 g/mol. The van der Waals surface area contributed by atoms with Crippen LogP contribution in [-0.2, 0) is 6.54 Å². The summed E-state index contributed by atoms with van der Waals surface area (Å²) in [5.74, 6) is 0.0248. The molecule has 2 nitrogen and oxygen atoms in total. The van der Waals surface area contributed by atoms with Crippen LogP contribution in [0.5, 0.6) is 11.5 Å². The van der Waals surface area contributed by atoms with Crippen LogP contribution in [0.1, 0.15) is 24.5 Å². The first-order valence-electron chi connectivity index (χ1n) is 7.02. The molecular formula is C17H19F2NO. The summed E-state index contributed by atoms with van der Waals surface area (Å²) < 4.78 is 32.5. The van der Waals surface area contributed by atoms with Gasteiger partial charge in [-0.05, 0) is 49.2 Å². The second kappa shape index (κ2) is 7.18. The number of aryl methyl sites for hydroxylation is 1. The molecule has 0 heterocycles. The van der Waals surface area contributed by atoms with E-state index in [-0.39, 0.29) is 11.6 Å². The minimum atomic E-state index is -0.378. The summed E-state index contributed by atoms with van der Waals surface area (Å²) in [4.78, 5) is 0. The lowest BCUT2D eigenvalue weighted by molar-refractivity contribution is 0.466. The summed E-state index contributed by atoms with van der Waals surface area (Å²) in [5.41, 5.74) is 1.60. The van der Waals surface area contributed by atoms with E-state index in [1.54, 1.807) is 12.1 Å². The Hall–Kier alpha value is -1.94. The third-order valence-corrected chi connectivity index (χ3v) is 3.06. The molecule has 0 fully saturated rings. The maximum atomic E-state index is 13.6. The summed E-state index contributed by atoms with van der Waals surface area (Å²) in [6.45, 7) is 5.33. The molecule has 0 saturated heterocycles. The van der Waals surface area contributed by atoms with Gasteiger partial charge in [0, 0.05) is 18.7 Å². The summed E-state index contributed by atoms with van der Waals surface area (Å²) in [7, 11) is 0. The molecule has 0 aliphatic carbocycles. The van der Waals surface area contributed by atoms with Crippen molar-refractivity contribution in [3.05, 3.63) is 59.2 Å². The Balaban J connectivity index is 2.17. The van der Waals surface area contributed by atoms with E-state index in [0.717, 1.165) is 24.1 Å². The van der Waals surface area contributed by atoms with Crippen LogP contribution in [0.2, 0.25) is 0 Å². The van der Waals surface area contributed by atoms with Gasteiger partial charge in [-0.3, -0.25) is 0 Å². The van der Waals surface area contributed by atoms with Crippen molar-refractivity contribution in [3.8, 4) is 11.5 Å². The fraction of sp³-hybridized carbons (Fsp3) is 0.294. The van der Waals surface area contributed by atoms with Crippen molar-refractivity contribution in [3.63, 3.8) is 0 Å². The van der Waals surface area contributed by atoms with Crippen molar-refractivity contribution in [2.45, 2.75) is 26.8 Å². The number of ether oxygens (including phenoxy) is 1. The third kappa shape index (κ3) is 4.53. The Morgan fingerprint density at radius 1 is 1.05 bits per heavy atom. The van der Waals surface area contributed by atoms with Gasteiger partial charge < -0.3 is 10.1 Å². The van der Waals surface area contributed by atoms with Crippen molar-refractivity contribution >= 4 is 0 Å². The molecule has 4 heteroatoms. The molecule has 0 radical (unpaired) electrons. The largest absolute Gasteiger partial charge is 0.457 e. The van der Waals surface area contributed by atoms with Crippen LogP contribution in [0, 0.1) is 18.6 Å². The molecule has 21 heavy (non-hydrogen) atoms. The Kier molecular flexibility index (Phi) is 5.28. The monoisotopic (exact) mass is 291 g/mol. The molecule has 112 valence electrons. The van der Waals surface area contributed by atoms with E-state index in [4.69, 9.17) is 4.74 Å². The standard InChI is InChI=1S/C17H19F2NO/c1-3-6-20-11-13-7-15(19)9-16(8-13)21-17-10-14(18)5-4-12(17)2/h4-5,7-10,20H,3,6,11H2,1-2H3. The molecule has 2 aromatic carbocycles. The fourth-order valence-corrected chi connectivity index (χ4v) is 2.00. The zero-order chi connectivity index (χ0) is 15.2. The lowest BCUT2D eigenvalue weighted by Gasteiger charge is -2.11. The van der Waals surface area contributed by atoms with E-state index in [9.17, 15) is 8.78 Å². The Morgan fingerprint density at radius 2 is 1.86 bits per heavy atom. The Labute approximate surface area is 123 Å². The molecule has 2 aromatic rings. The maximum Gasteiger partial charge on any atom is 0.133 e. The van der Waals surface area contributed by atoms with Gasteiger partial charge >= 0.3 is 0 Å². The summed E-state index contributed by atoms with van der Waals surface area (Å²) in [6.07, 6.45) is 1.02. The molecule has 0 aliphatic rings. The van der Waals surface area contributed by atoms with E-state index in [1.807, 2.05) is 6.92 Å². The first kappa shape index (κ1) is 15.4. The quantitative estimate of drug-likeness (QED) is 0.787. The van der Waals surface area contributed by atoms with Crippen molar-refractivity contribution in [1.29, 1.82) is 0 Å². The molecule has 0 bridgehead atoms. The second-order valence-electron chi connectivity index (χ2n) is 4.98. The van der Waals surface area contributed by atoms with E-state index in [0.29, 0.717) is 18.0 Å². The fourth-order valence-electron chi connectivity index (χ4n) is 2.00. The van der Waals surface area contributed by atoms with Crippen molar-refractivity contribution < 1.29 is 13.5 Å². The molecule has 0 aromatic heterocycles. The minimum Gasteiger partial charge on any atom is -0.457 e. The Morgan fingerprint density at radius 3 is 2.62 bits per heavy atom. The van der Waals surface area contributed by atoms with E-state index < -0.39 is 0 Å². The van der Waals surface area contributed by atoms with E-state index >= 15 is 0 Å². The highest BCUT2D eigenvalue weighted by molar-refractivity contribution is 5.39. The number of rotatable bonds is 6. The normalized spacial score (nSPS) is 10.7. The molecule has 1 N–H and O–H groups in total. The van der Waals surface area contributed by atoms with Gasteiger partial charge in [0.05, 0.1) is 0 Å². The van der Waals surface area contributed by atoms with E-state index in [2.05, 4.69) is 12.2 Å². The van der Waals surface area contributed by atoms with Gasteiger partial charge in [0.2, 0.25) is 0 Å². The SMILES string of the molecule is CCCNCc1cc(F)cc(Oc2cc(F)ccc2C)c1. The second-order valence-corrected chi connectivity index (χ2v) is 4.98. The molecule has 0 unspecified atom stereocenters. The molecule has 0 amide bonds. The topological polar surface area (TPSA) is 21.3 Å². The van der Waals surface area contributed by atoms with Gasteiger partial charge in [-0.25, -0.2) is 8.78 Å². The number of nitrogens with one attached hydrogen (secondary N) is 1. The molecule has 2 rings (SSSR count). The first-order chi connectivity index (χ1) is 10.1. The number of hydrogen-bond donors (Lipinski definition) is 1. The average Bonchev–Trinajstić information content (AvgIpc) is 2.43. The van der Waals surface area contributed by atoms with Gasteiger partial charge in [0.15, 0.2) is 0 Å². The first-order valence-corrected chi connectivity index (χ1v) is 7.02. The minimum absolute atomic E-state index is 0.366. The molecule has 0 spiro atoms. The lowest BCUT2D eigenvalue weighted by Crippen LogP contribution is -2.13. The zero-order valence-electron chi connectivity index (χ0n) is 12.2. The van der Waals surface area contributed by atoms with Gasteiger partial charge in [-0.1, -0.05) is 13.0 Å². The molecular weight excluding hydrogens is 272 g/mol. The van der Waals surface area contributed by atoms with Crippen molar-refractivity contribution in [1.82, 2.24) is 5.32 Å². The van der Waals surface area contributed by atoms with Gasteiger partial charge in [0.25, 0.3) is 0 Å². The Bertz CT molecular complexity index is 614. The zero-order valence-corrected chi connectivity index (χ0v) is 12.2. The number of benzene rings is 2. The number of hydrogen-bond acceptors (Lipinski definition) is 2. The van der Waals surface area contributed by atoms with E-state index in [1.165, 1.54) is 24.3 Å². The lowest BCUT2D eigenvalue weighted by atomic mass is 10.2. The van der Waals surface area contributed by atoms with Crippen LogP contribution >= 0.6 is 0 Å². The molecule has 0 saturated carbocycles. The summed E-state index contributed by atoms with van der Waals surface area (Å²) >= 11 is 0. The maximum absolute atomic E-state index is 13.6. The van der Waals surface area contributed by atoms with Crippen LogP contribution in [-0.4, -0.2) is 6.54 Å². The summed E-state index contributed by atoms with van der Waals surface area (Å²) in [6, 6.07) is 8.83. The highest BCUT2D eigenvalue weighted by Gasteiger charge is 2.06. The molecule has 0 atom stereocenters. The van der Waals surface area contributed by atoms with Crippen LogP contribution in [0.15, 0.2) is 36.4 Å². The highest BCUT2D eigenvalue weighted by Crippen LogP contribution is 2.27. The predicted octanol–water partition coefficient (Wildman–Crippen LogP) is 4.57.